The number of hydrogen-bond acceptors (Lipinski definition) is 5. The molecule has 3 rings (SSSR count). The number of nitrogens with zero attached hydrogens (tertiary/aromatic N) is 1. The molecule has 0 spiro atoms. The molecule has 0 aliphatic carbocycles. The minimum absolute atomic E-state index is 0.257. The van der Waals surface area contributed by atoms with Crippen LogP contribution in [0, 0.1) is 6.92 Å². The van der Waals surface area contributed by atoms with Gasteiger partial charge in [-0.25, -0.2) is 4.98 Å². The highest BCUT2D eigenvalue weighted by atomic mass is 32.1. The Labute approximate surface area is 129 Å². The Kier molecular flexibility index (Phi) is 4.12. The van der Waals surface area contributed by atoms with Crippen molar-refractivity contribution in [2.24, 2.45) is 0 Å². The molecule has 1 aliphatic rings. The SMILES string of the molecule is COc1cc2c(cc1CNCc1cnc(C)s1)OC(C)C2. The first kappa shape index (κ1) is 14.4. The van der Waals surface area contributed by atoms with E-state index in [4.69, 9.17) is 9.47 Å². The molecular formula is C16H20N2O2S. The van der Waals surface area contributed by atoms with Gasteiger partial charge in [-0.15, -0.1) is 11.3 Å². The second-order valence-electron chi connectivity index (χ2n) is 5.35. The highest BCUT2D eigenvalue weighted by molar-refractivity contribution is 7.11. The van der Waals surface area contributed by atoms with Crippen molar-refractivity contribution in [1.29, 1.82) is 0 Å². The summed E-state index contributed by atoms with van der Waals surface area (Å²) in [5.74, 6) is 1.92. The van der Waals surface area contributed by atoms with E-state index in [0.29, 0.717) is 0 Å². The van der Waals surface area contributed by atoms with Crippen molar-refractivity contribution in [2.75, 3.05) is 7.11 Å². The topological polar surface area (TPSA) is 43.4 Å². The quantitative estimate of drug-likeness (QED) is 0.922. The highest BCUT2D eigenvalue weighted by Gasteiger charge is 2.21. The molecule has 2 aromatic rings. The Morgan fingerprint density at radius 2 is 2.29 bits per heavy atom. The van der Waals surface area contributed by atoms with Crippen LogP contribution in [0.25, 0.3) is 0 Å². The van der Waals surface area contributed by atoms with Gasteiger partial charge in [0.2, 0.25) is 0 Å². The molecular weight excluding hydrogens is 284 g/mol. The number of fused-ring (bicyclic) bond motifs is 1. The van der Waals surface area contributed by atoms with Crippen LogP contribution < -0.4 is 14.8 Å². The zero-order valence-electron chi connectivity index (χ0n) is 12.6. The first-order valence-corrected chi connectivity index (χ1v) is 7.96. The van der Waals surface area contributed by atoms with Crippen molar-refractivity contribution in [1.82, 2.24) is 10.3 Å². The van der Waals surface area contributed by atoms with Gasteiger partial charge in [-0.05, 0) is 26.0 Å². The van der Waals surface area contributed by atoms with Crippen LogP contribution in [0.3, 0.4) is 0 Å². The van der Waals surface area contributed by atoms with Crippen LogP contribution in [-0.4, -0.2) is 18.2 Å². The third-order valence-corrected chi connectivity index (χ3v) is 4.50. The van der Waals surface area contributed by atoms with Crippen LogP contribution >= 0.6 is 11.3 Å². The van der Waals surface area contributed by atoms with E-state index in [1.54, 1.807) is 18.4 Å². The fraction of sp³-hybridized carbons (Fsp3) is 0.438. The van der Waals surface area contributed by atoms with Gasteiger partial charge < -0.3 is 14.8 Å². The van der Waals surface area contributed by atoms with Crippen molar-refractivity contribution >= 4 is 11.3 Å². The number of aromatic nitrogens is 1. The molecule has 0 bridgehead atoms. The molecule has 0 saturated heterocycles. The van der Waals surface area contributed by atoms with E-state index < -0.39 is 0 Å². The van der Waals surface area contributed by atoms with Gasteiger partial charge in [0.1, 0.15) is 17.6 Å². The van der Waals surface area contributed by atoms with E-state index in [-0.39, 0.29) is 6.10 Å². The lowest BCUT2D eigenvalue weighted by molar-refractivity contribution is 0.254. The van der Waals surface area contributed by atoms with E-state index in [1.807, 2.05) is 13.1 Å². The molecule has 1 aromatic carbocycles. The van der Waals surface area contributed by atoms with Crippen molar-refractivity contribution in [3.8, 4) is 11.5 Å². The third-order valence-electron chi connectivity index (χ3n) is 3.58. The maximum Gasteiger partial charge on any atom is 0.123 e. The monoisotopic (exact) mass is 304 g/mol. The highest BCUT2D eigenvalue weighted by Crippen LogP contribution is 2.34. The van der Waals surface area contributed by atoms with E-state index in [1.165, 1.54) is 10.4 Å². The molecule has 1 atom stereocenters. The summed E-state index contributed by atoms with van der Waals surface area (Å²) in [5, 5.41) is 4.54. The summed E-state index contributed by atoms with van der Waals surface area (Å²) in [4.78, 5) is 5.51. The summed E-state index contributed by atoms with van der Waals surface area (Å²) in [7, 11) is 1.72. The summed E-state index contributed by atoms with van der Waals surface area (Å²) < 4.78 is 11.3. The van der Waals surface area contributed by atoms with E-state index in [9.17, 15) is 0 Å². The minimum atomic E-state index is 0.257. The van der Waals surface area contributed by atoms with E-state index in [0.717, 1.165) is 41.6 Å². The van der Waals surface area contributed by atoms with Crippen LogP contribution in [0.15, 0.2) is 18.3 Å². The lowest BCUT2D eigenvalue weighted by atomic mass is 10.1. The molecule has 5 heteroatoms. The molecule has 21 heavy (non-hydrogen) atoms. The fourth-order valence-electron chi connectivity index (χ4n) is 2.62. The molecule has 1 N–H and O–H groups in total. The van der Waals surface area contributed by atoms with Crippen molar-refractivity contribution in [2.45, 2.75) is 39.5 Å². The van der Waals surface area contributed by atoms with Gasteiger partial charge in [0.05, 0.1) is 12.1 Å². The number of aryl methyl sites for hydroxylation is 1. The summed E-state index contributed by atoms with van der Waals surface area (Å²) >= 11 is 1.72. The molecule has 4 nitrogen and oxygen atoms in total. The van der Waals surface area contributed by atoms with Gasteiger partial charge in [0.15, 0.2) is 0 Å². The lowest BCUT2D eigenvalue weighted by Crippen LogP contribution is -2.12. The smallest absolute Gasteiger partial charge is 0.123 e. The molecule has 1 aliphatic heterocycles. The number of benzene rings is 1. The van der Waals surface area contributed by atoms with Gasteiger partial charge in [0, 0.05) is 41.7 Å². The van der Waals surface area contributed by atoms with E-state index in [2.05, 4.69) is 29.4 Å². The maximum absolute atomic E-state index is 5.82. The van der Waals surface area contributed by atoms with Crippen molar-refractivity contribution in [3.63, 3.8) is 0 Å². The van der Waals surface area contributed by atoms with Crippen LogP contribution in [0.2, 0.25) is 0 Å². The minimum Gasteiger partial charge on any atom is -0.496 e. The normalized spacial score (nSPS) is 16.6. The molecule has 0 fully saturated rings. The molecule has 1 aromatic heterocycles. The van der Waals surface area contributed by atoms with Crippen LogP contribution in [0.4, 0.5) is 0 Å². The Bertz CT molecular complexity index is 639. The second-order valence-corrected chi connectivity index (χ2v) is 6.67. The maximum atomic E-state index is 5.82. The first-order chi connectivity index (χ1) is 10.2. The molecule has 0 saturated carbocycles. The first-order valence-electron chi connectivity index (χ1n) is 7.14. The van der Waals surface area contributed by atoms with Crippen molar-refractivity contribution < 1.29 is 9.47 Å². The second kappa shape index (κ2) is 6.03. The summed E-state index contributed by atoms with van der Waals surface area (Å²) in [5.41, 5.74) is 2.37. The van der Waals surface area contributed by atoms with Gasteiger partial charge in [-0.3, -0.25) is 0 Å². The third kappa shape index (κ3) is 3.19. The fourth-order valence-corrected chi connectivity index (χ4v) is 3.38. The average molecular weight is 304 g/mol. The Morgan fingerprint density at radius 1 is 1.43 bits per heavy atom. The Balaban J connectivity index is 1.68. The number of thiazole rings is 1. The largest absolute Gasteiger partial charge is 0.496 e. The molecule has 112 valence electrons. The predicted octanol–water partition coefficient (Wildman–Crippen LogP) is 3.07. The Morgan fingerprint density at radius 3 is 3.00 bits per heavy atom. The van der Waals surface area contributed by atoms with Gasteiger partial charge in [0.25, 0.3) is 0 Å². The number of hydrogen-bond donors (Lipinski definition) is 1. The standard InChI is InChI=1S/C16H20N2O2S/c1-10-4-12-5-15(19-3)13(6-16(12)20-10)7-17-8-14-9-18-11(2)21-14/h5-6,9-10,17H,4,7-8H2,1-3H3. The molecule has 0 amide bonds. The predicted molar refractivity (Wildman–Crippen MR) is 84.2 cm³/mol. The van der Waals surface area contributed by atoms with Crippen LogP contribution in [0.1, 0.15) is 27.9 Å². The number of nitrogens with one attached hydrogen (secondary N) is 1. The van der Waals surface area contributed by atoms with Gasteiger partial charge in [-0.1, -0.05) is 0 Å². The summed E-state index contributed by atoms with van der Waals surface area (Å²) in [6.45, 7) is 5.70. The van der Waals surface area contributed by atoms with Crippen LogP contribution in [-0.2, 0) is 19.5 Å². The molecule has 2 heterocycles. The van der Waals surface area contributed by atoms with Crippen LogP contribution in [0.5, 0.6) is 11.5 Å². The molecule has 0 radical (unpaired) electrons. The van der Waals surface area contributed by atoms with Crippen molar-refractivity contribution in [3.05, 3.63) is 39.3 Å². The summed E-state index contributed by atoms with van der Waals surface area (Å²) in [6.07, 6.45) is 3.14. The summed E-state index contributed by atoms with van der Waals surface area (Å²) in [6, 6.07) is 4.20. The number of rotatable bonds is 5. The zero-order chi connectivity index (χ0) is 14.8. The van der Waals surface area contributed by atoms with Gasteiger partial charge in [-0.2, -0.15) is 0 Å². The Hall–Kier alpha value is -1.59. The average Bonchev–Trinajstić information content (AvgIpc) is 3.02. The van der Waals surface area contributed by atoms with Gasteiger partial charge >= 0.3 is 0 Å². The molecule has 1 unspecified atom stereocenters. The number of ether oxygens (including phenoxy) is 2. The zero-order valence-corrected chi connectivity index (χ0v) is 13.4. The number of methoxy groups -OCH3 is 1. The van der Waals surface area contributed by atoms with E-state index >= 15 is 0 Å². The lowest BCUT2D eigenvalue weighted by Gasteiger charge is -2.11.